The van der Waals surface area contributed by atoms with Crippen molar-refractivity contribution in [3.63, 3.8) is 0 Å². The quantitative estimate of drug-likeness (QED) is 0.656. The van der Waals surface area contributed by atoms with Crippen LogP contribution in [0.15, 0.2) is 42.7 Å². The molecule has 0 spiro atoms. The van der Waals surface area contributed by atoms with Gasteiger partial charge in [-0.05, 0) is 25.1 Å². The number of benzene rings is 1. The van der Waals surface area contributed by atoms with Gasteiger partial charge in [0.05, 0.1) is 5.69 Å². The van der Waals surface area contributed by atoms with E-state index in [-0.39, 0.29) is 0 Å². The number of aryl methyl sites for hydroxylation is 1. The molecule has 0 saturated carbocycles. The Bertz CT molecular complexity index is 671. The van der Waals surface area contributed by atoms with Crippen molar-refractivity contribution < 1.29 is 0 Å². The number of hydrogen-bond acceptors (Lipinski definition) is 2. The molecule has 0 aliphatic carbocycles. The fourth-order valence-electron chi connectivity index (χ4n) is 1.88. The van der Waals surface area contributed by atoms with Crippen LogP contribution in [-0.2, 0) is 0 Å². The molecule has 2 heterocycles. The molecule has 17 heavy (non-hydrogen) atoms. The molecule has 0 unspecified atom stereocenters. The maximum Gasteiger partial charge on any atom is 0.234 e. The summed E-state index contributed by atoms with van der Waals surface area (Å²) in [5.74, 6) is 0.718. The number of imidazole rings is 1. The van der Waals surface area contributed by atoms with Crippen LogP contribution >= 0.6 is 11.6 Å². The summed E-state index contributed by atoms with van der Waals surface area (Å²) >= 11 is 5.88. The Morgan fingerprint density at radius 2 is 1.94 bits per heavy atom. The number of rotatable bonds is 1. The van der Waals surface area contributed by atoms with Crippen molar-refractivity contribution in [3.8, 4) is 11.3 Å². The van der Waals surface area contributed by atoms with Gasteiger partial charge in [-0.15, -0.1) is 0 Å². The van der Waals surface area contributed by atoms with E-state index in [9.17, 15) is 0 Å². The molecule has 0 atom stereocenters. The summed E-state index contributed by atoms with van der Waals surface area (Å²) in [6, 6.07) is 9.57. The summed E-state index contributed by atoms with van der Waals surface area (Å²) in [6.45, 7) is 2.03. The summed E-state index contributed by atoms with van der Waals surface area (Å²) in [6.07, 6.45) is 3.71. The first kappa shape index (κ1) is 10.3. The topological polar surface area (TPSA) is 30.2 Å². The lowest BCUT2D eigenvalue weighted by atomic mass is 10.1. The van der Waals surface area contributed by atoms with Crippen molar-refractivity contribution in [2.24, 2.45) is 0 Å². The zero-order valence-electron chi connectivity index (χ0n) is 9.26. The molecule has 3 aromatic rings. The number of nitrogens with zero attached hydrogens (tertiary/aromatic N) is 3. The van der Waals surface area contributed by atoms with E-state index in [0.29, 0.717) is 0 Å². The second-order valence-corrected chi connectivity index (χ2v) is 4.28. The molecule has 4 heteroatoms. The Hall–Kier alpha value is -1.87. The average molecular weight is 244 g/mol. The number of halogens is 1. The second-order valence-electron chi connectivity index (χ2n) is 3.84. The highest BCUT2D eigenvalue weighted by atomic mass is 35.5. The van der Waals surface area contributed by atoms with Gasteiger partial charge in [0.15, 0.2) is 0 Å². The normalized spacial score (nSPS) is 10.9. The number of fused-ring (bicyclic) bond motifs is 1. The van der Waals surface area contributed by atoms with Gasteiger partial charge in [-0.25, -0.2) is 9.97 Å². The number of hydrogen-bond donors (Lipinski definition) is 0. The van der Waals surface area contributed by atoms with Crippen LogP contribution in [0.2, 0.25) is 5.02 Å². The van der Waals surface area contributed by atoms with Gasteiger partial charge in [-0.3, -0.25) is 4.40 Å². The van der Waals surface area contributed by atoms with Crippen molar-refractivity contribution >= 4 is 17.4 Å². The predicted octanol–water partition coefficient (Wildman–Crippen LogP) is 3.36. The van der Waals surface area contributed by atoms with E-state index in [2.05, 4.69) is 9.97 Å². The zero-order valence-corrected chi connectivity index (χ0v) is 10.0. The highest BCUT2D eigenvalue weighted by molar-refractivity contribution is 6.30. The molecule has 3 nitrogen and oxygen atoms in total. The van der Waals surface area contributed by atoms with Crippen LogP contribution in [0, 0.1) is 6.92 Å². The monoisotopic (exact) mass is 243 g/mol. The smallest absolute Gasteiger partial charge is 0.234 e. The molecule has 0 N–H and O–H groups in total. The van der Waals surface area contributed by atoms with Gasteiger partial charge in [0.2, 0.25) is 5.78 Å². The molecular formula is C13H10ClN3. The van der Waals surface area contributed by atoms with Gasteiger partial charge in [0.1, 0.15) is 0 Å². The standard InChI is InChI=1S/C13H10ClN3/c1-9-12(10-3-5-11(14)6-4-10)16-13-15-7-2-8-17(9)13/h2-8H,1H3. The Balaban J connectivity index is 2.24. The minimum atomic E-state index is 0.718. The molecule has 0 radical (unpaired) electrons. The van der Waals surface area contributed by atoms with Crippen molar-refractivity contribution in [1.82, 2.24) is 14.4 Å². The lowest BCUT2D eigenvalue weighted by Crippen LogP contribution is -1.88. The first-order chi connectivity index (χ1) is 8.25. The maximum atomic E-state index is 5.88. The molecule has 1 aromatic carbocycles. The molecule has 0 saturated heterocycles. The SMILES string of the molecule is Cc1c(-c2ccc(Cl)cc2)nc2ncccn12. The Morgan fingerprint density at radius 1 is 1.18 bits per heavy atom. The average Bonchev–Trinajstić information content (AvgIpc) is 2.69. The molecular weight excluding hydrogens is 234 g/mol. The van der Waals surface area contributed by atoms with E-state index >= 15 is 0 Å². The molecule has 0 fully saturated rings. The van der Waals surface area contributed by atoms with Crippen molar-refractivity contribution in [3.05, 3.63) is 53.4 Å². The summed E-state index contributed by atoms with van der Waals surface area (Å²) in [7, 11) is 0. The minimum Gasteiger partial charge on any atom is -0.288 e. The van der Waals surface area contributed by atoms with Gasteiger partial charge in [-0.2, -0.15) is 0 Å². The third-order valence-corrected chi connectivity index (χ3v) is 3.01. The molecule has 3 rings (SSSR count). The summed E-state index contributed by atoms with van der Waals surface area (Å²) in [4.78, 5) is 8.75. The Morgan fingerprint density at radius 3 is 2.65 bits per heavy atom. The lowest BCUT2D eigenvalue weighted by molar-refractivity contribution is 1.06. The fraction of sp³-hybridized carbons (Fsp3) is 0.0769. The molecule has 2 aromatic heterocycles. The second kappa shape index (κ2) is 3.86. The van der Waals surface area contributed by atoms with Crippen molar-refractivity contribution in [2.75, 3.05) is 0 Å². The third-order valence-electron chi connectivity index (χ3n) is 2.76. The van der Waals surface area contributed by atoms with E-state index < -0.39 is 0 Å². The van der Waals surface area contributed by atoms with Gasteiger partial charge < -0.3 is 0 Å². The Kier molecular flexibility index (Phi) is 2.34. The summed E-state index contributed by atoms with van der Waals surface area (Å²) in [5, 5.41) is 0.730. The van der Waals surface area contributed by atoms with E-state index in [1.165, 1.54) is 0 Å². The Labute approximate surface area is 104 Å². The van der Waals surface area contributed by atoms with Gasteiger partial charge >= 0.3 is 0 Å². The molecule has 0 aliphatic rings. The van der Waals surface area contributed by atoms with Crippen LogP contribution in [0.3, 0.4) is 0 Å². The highest BCUT2D eigenvalue weighted by Gasteiger charge is 2.10. The van der Waals surface area contributed by atoms with Crippen molar-refractivity contribution in [2.45, 2.75) is 6.92 Å². The third kappa shape index (κ3) is 1.68. The van der Waals surface area contributed by atoms with Gasteiger partial charge in [0.25, 0.3) is 0 Å². The lowest BCUT2D eigenvalue weighted by Gasteiger charge is -1.99. The van der Waals surface area contributed by atoms with Crippen LogP contribution in [0.4, 0.5) is 0 Å². The molecule has 84 valence electrons. The zero-order chi connectivity index (χ0) is 11.8. The van der Waals surface area contributed by atoms with Crippen LogP contribution in [0.5, 0.6) is 0 Å². The highest BCUT2D eigenvalue weighted by Crippen LogP contribution is 2.24. The van der Waals surface area contributed by atoms with Crippen LogP contribution < -0.4 is 0 Å². The molecule has 0 bridgehead atoms. The van der Waals surface area contributed by atoms with Crippen LogP contribution in [0.1, 0.15) is 5.69 Å². The summed E-state index contributed by atoms with van der Waals surface area (Å²) in [5.41, 5.74) is 3.08. The largest absolute Gasteiger partial charge is 0.288 e. The van der Waals surface area contributed by atoms with E-state index in [1.54, 1.807) is 6.20 Å². The van der Waals surface area contributed by atoms with Crippen LogP contribution in [0.25, 0.3) is 17.0 Å². The first-order valence-corrected chi connectivity index (χ1v) is 5.69. The van der Waals surface area contributed by atoms with Crippen LogP contribution in [-0.4, -0.2) is 14.4 Å². The summed E-state index contributed by atoms with van der Waals surface area (Å²) < 4.78 is 1.98. The molecule has 0 aliphatic heterocycles. The maximum absolute atomic E-state index is 5.88. The molecule has 0 amide bonds. The minimum absolute atomic E-state index is 0.718. The van der Waals surface area contributed by atoms with E-state index in [1.807, 2.05) is 47.9 Å². The number of aromatic nitrogens is 3. The van der Waals surface area contributed by atoms with Crippen molar-refractivity contribution in [1.29, 1.82) is 0 Å². The van der Waals surface area contributed by atoms with Gasteiger partial charge in [-0.1, -0.05) is 23.7 Å². The first-order valence-electron chi connectivity index (χ1n) is 5.31. The predicted molar refractivity (Wildman–Crippen MR) is 68.2 cm³/mol. The van der Waals surface area contributed by atoms with E-state index in [4.69, 9.17) is 11.6 Å². The fourth-order valence-corrected chi connectivity index (χ4v) is 2.01. The van der Waals surface area contributed by atoms with Gasteiger partial charge in [0, 0.05) is 28.7 Å². The van der Waals surface area contributed by atoms with E-state index in [0.717, 1.165) is 27.8 Å².